The second-order valence-electron chi connectivity index (χ2n) is 9.07. The van der Waals surface area contributed by atoms with Crippen LogP contribution in [0.15, 0.2) is 61.4 Å². The van der Waals surface area contributed by atoms with E-state index in [0.717, 1.165) is 48.8 Å². The van der Waals surface area contributed by atoms with Gasteiger partial charge in [0.15, 0.2) is 0 Å². The van der Waals surface area contributed by atoms with Gasteiger partial charge in [0.05, 0.1) is 5.41 Å². The summed E-state index contributed by atoms with van der Waals surface area (Å²) in [6.45, 7) is 5.84. The fraction of sp³-hybridized carbons (Fsp3) is 0.444. The van der Waals surface area contributed by atoms with Crippen molar-refractivity contribution >= 4 is 11.8 Å². The van der Waals surface area contributed by atoms with Gasteiger partial charge in [-0.15, -0.1) is 6.58 Å². The molecule has 6 heteroatoms. The van der Waals surface area contributed by atoms with E-state index < -0.39 is 5.41 Å². The maximum atomic E-state index is 13.5. The minimum Gasteiger partial charge on any atom is -0.368 e. The first kappa shape index (κ1) is 23.2. The van der Waals surface area contributed by atoms with Crippen molar-refractivity contribution < 1.29 is 14.3 Å². The van der Waals surface area contributed by atoms with E-state index in [2.05, 4.69) is 29.0 Å². The Kier molecular flexibility index (Phi) is 7.55. The fourth-order valence-electron chi connectivity index (χ4n) is 5.06. The lowest BCUT2D eigenvalue weighted by atomic mass is 9.73. The minimum atomic E-state index is -0.704. The molecule has 6 nitrogen and oxygen atoms in total. The molecule has 2 aliphatic heterocycles. The monoisotopic (exact) mass is 447 g/mol. The number of benzene rings is 1. The molecule has 2 fully saturated rings. The molecule has 0 aliphatic carbocycles. The van der Waals surface area contributed by atoms with Gasteiger partial charge in [-0.1, -0.05) is 36.4 Å². The highest BCUT2D eigenvalue weighted by Gasteiger charge is 2.44. The van der Waals surface area contributed by atoms with Crippen LogP contribution in [0.25, 0.3) is 11.1 Å². The van der Waals surface area contributed by atoms with Gasteiger partial charge in [0, 0.05) is 44.2 Å². The third-order valence-corrected chi connectivity index (χ3v) is 6.75. The molecule has 2 saturated heterocycles. The Bertz CT molecular complexity index is 972. The standard InChI is InChI=1S/C27H33N3O3/c1-2-14-29-26(32)27(13-8-16-30(20-27)25(31)24-12-5-6-17-33-24)18-21-9-3-4-11-23(21)22-10-7-15-28-19-22/h2-4,7,9-11,15,19,24H,1,5-6,8,12-14,16-18,20H2,(H,29,32)/t24-,27+/m0/s1. The summed E-state index contributed by atoms with van der Waals surface area (Å²) in [7, 11) is 0. The quantitative estimate of drug-likeness (QED) is 0.656. The topological polar surface area (TPSA) is 71.5 Å². The van der Waals surface area contributed by atoms with E-state index in [1.54, 1.807) is 12.3 Å². The van der Waals surface area contributed by atoms with Crippen molar-refractivity contribution in [3.8, 4) is 11.1 Å². The molecular formula is C27H33N3O3. The summed E-state index contributed by atoms with van der Waals surface area (Å²) < 4.78 is 5.77. The van der Waals surface area contributed by atoms with Gasteiger partial charge in [0.2, 0.25) is 5.91 Å². The van der Waals surface area contributed by atoms with E-state index in [1.807, 2.05) is 35.4 Å². The number of carbonyl (C=O) groups is 2. The summed E-state index contributed by atoms with van der Waals surface area (Å²) in [5, 5.41) is 3.02. The van der Waals surface area contributed by atoms with Crippen LogP contribution in [0.1, 0.15) is 37.7 Å². The Labute approximate surface area is 196 Å². The number of nitrogens with zero attached hydrogens (tertiary/aromatic N) is 2. The molecule has 0 saturated carbocycles. The van der Waals surface area contributed by atoms with E-state index in [9.17, 15) is 9.59 Å². The van der Waals surface area contributed by atoms with Gasteiger partial charge in [-0.25, -0.2) is 0 Å². The number of rotatable bonds is 7. The van der Waals surface area contributed by atoms with Gasteiger partial charge in [-0.05, 0) is 55.7 Å². The van der Waals surface area contributed by atoms with Gasteiger partial charge in [-0.3, -0.25) is 14.6 Å². The molecule has 1 aromatic heterocycles. The summed E-state index contributed by atoms with van der Waals surface area (Å²) in [5.74, 6) is 0.00120. The number of pyridine rings is 1. The number of likely N-dealkylation sites (tertiary alicyclic amines) is 1. The van der Waals surface area contributed by atoms with Gasteiger partial charge in [0.25, 0.3) is 5.91 Å². The molecule has 0 radical (unpaired) electrons. The van der Waals surface area contributed by atoms with E-state index in [4.69, 9.17) is 4.74 Å². The zero-order valence-electron chi connectivity index (χ0n) is 19.2. The Morgan fingerprint density at radius 1 is 1.21 bits per heavy atom. The van der Waals surface area contributed by atoms with E-state index in [-0.39, 0.29) is 17.9 Å². The van der Waals surface area contributed by atoms with Crippen molar-refractivity contribution in [3.05, 3.63) is 67.0 Å². The Hall–Kier alpha value is -2.99. The summed E-state index contributed by atoms with van der Waals surface area (Å²) in [6, 6.07) is 12.1. The van der Waals surface area contributed by atoms with Crippen LogP contribution in [0.4, 0.5) is 0 Å². The number of aromatic nitrogens is 1. The van der Waals surface area contributed by atoms with E-state index in [1.165, 1.54) is 0 Å². The van der Waals surface area contributed by atoms with E-state index >= 15 is 0 Å². The van der Waals surface area contributed by atoms with Gasteiger partial charge < -0.3 is 15.0 Å². The van der Waals surface area contributed by atoms with Gasteiger partial charge in [0.1, 0.15) is 6.10 Å². The second-order valence-corrected chi connectivity index (χ2v) is 9.07. The van der Waals surface area contributed by atoms with Crippen LogP contribution in [0.3, 0.4) is 0 Å². The van der Waals surface area contributed by atoms with Crippen LogP contribution in [0, 0.1) is 5.41 Å². The van der Waals surface area contributed by atoms with Crippen LogP contribution in [0.2, 0.25) is 0 Å². The van der Waals surface area contributed by atoms with Crippen molar-refractivity contribution in [1.29, 1.82) is 0 Å². The number of hydrogen-bond acceptors (Lipinski definition) is 4. The zero-order chi connectivity index (χ0) is 23.1. The van der Waals surface area contributed by atoms with Crippen LogP contribution in [0.5, 0.6) is 0 Å². The first-order valence-electron chi connectivity index (χ1n) is 11.9. The van der Waals surface area contributed by atoms with Gasteiger partial charge >= 0.3 is 0 Å². The van der Waals surface area contributed by atoms with Crippen molar-refractivity contribution in [2.24, 2.45) is 5.41 Å². The van der Waals surface area contributed by atoms with Crippen molar-refractivity contribution in [1.82, 2.24) is 15.2 Å². The molecule has 2 aliphatic rings. The number of carbonyl (C=O) groups excluding carboxylic acids is 2. The molecule has 1 N–H and O–H groups in total. The summed E-state index contributed by atoms with van der Waals surface area (Å²) >= 11 is 0. The first-order chi connectivity index (χ1) is 16.1. The Morgan fingerprint density at radius 3 is 2.85 bits per heavy atom. The fourth-order valence-corrected chi connectivity index (χ4v) is 5.06. The number of ether oxygens (including phenoxy) is 1. The van der Waals surface area contributed by atoms with Crippen LogP contribution < -0.4 is 5.32 Å². The van der Waals surface area contributed by atoms with Crippen LogP contribution >= 0.6 is 0 Å². The smallest absolute Gasteiger partial charge is 0.251 e. The number of nitrogens with one attached hydrogen (secondary N) is 1. The largest absolute Gasteiger partial charge is 0.368 e. The third kappa shape index (κ3) is 5.33. The molecule has 0 spiro atoms. The van der Waals surface area contributed by atoms with Crippen LogP contribution in [-0.2, 0) is 20.7 Å². The minimum absolute atomic E-state index is 0.0227. The van der Waals surface area contributed by atoms with Crippen molar-refractivity contribution in [2.75, 3.05) is 26.2 Å². The summed E-state index contributed by atoms with van der Waals surface area (Å²) in [4.78, 5) is 32.9. The molecule has 2 aromatic rings. The normalized spacial score (nSPS) is 23.0. The predicted octanol–water partition coefficient (Wildman–Crippen LogP) is 3.77. The second kappa shape index (κ2) is 10.8. The number of piperidine rings is 1. The molecule has 3 heterocycles. The summed E-state index contributed by atoms with van der Waals surface area (Å²) in [6.07, 6.45) is 9.75. The maximum absolute atomic E-state index is 13.5. The van der Waals surface area contributed by atoms with Crippen molar-refractivity contribution in [2.45, 2.75) is 44.6 Å². The Morgan fingerprint density at radius 2 is 2.09 bits per heavy atom. The third-order valence-electron chi connectivity index (χ3n) is 6.75. The lowest BCUT2D eigenvalue weighted by molar-refractivity contribution is -0.152. The van der Waals surface area contributed by atoms with E-state index in [0.29, 0.717) is 32.7 Å². The molecule has 2 amide bonds. The highest BCUT2D eigenvalue weighted by Crippen LogP contribution is 2.37. The Balaban J connectivity index is 1.64. The molecular weight excluding hydrogens is 414 g/mol. The molecule has 2 atom stereocenters. The predicted molar refractivity (Wildman–Crippen MR) is 128 cm³/mol. The van der Waals surface area contributed by atoms with Gasteiger partial charge in [-0.2, -0.15) is 0 Å². The number of hydrogen-bond donors (Lipinski definition) is 1. The molecule has 4 rings (SSSR count). The average molecular weight is 448 g/mol. The first-order valence-corrected chi connectivity index (χ1v) is 11.9. The molecule has 0 unspecified atom stereocenters. The molecule has 33 heavy (non-hydrogen) atoms. The SMILES string of the molecule is C=CCNC(=O)[C@@]1(Cc2ccccc2-c2cccnc2)CCCN(C(=O)[C@@H]2CCCCO2)C1. The zero-order valence-corrected chi connectivity index (χ0v) is 19.2. The lowest BCUT2D eigenvalue weighted by Crippen LogP contribution is -2.56. The highest BCUT2D eigenvalue weighted by molar-refractivity contribution is 5.86. The maximum Gasteiger partial charge on any atom is 0.251 e. The number of amides is 2. The molecule has 1 aromatic carbocycles. The van der Waals surface area contributed by atoms with Crippen LogP contribution in [-0.4, -0.2) is 54.0 Å². The lowest BCUT2D eigenvalue weighted by Gasteiger charge is -2.43. The molecule has 174 valence electrons. The average Bonchev–Trinajstić information content (AvgIpc) is 2.88. The molecule has 0 bridgehead atoms. The van der Waals surface area contributed by atoms with Crippen molar-refractivity contribution in [3.63, 3.8) is 0 Å². The highest BCUT2D eigenvalue weighted by atomic mass is 16.5. The summed E-state index contributed by atoms with van der Waals surface area (Å²) in [5.41, 5.74) is 2.47.